The number of hydrogen-bond donors (Lipinski definition) is 0. The van der Waals surface area contributed by atoms with Gasteiger partial charge in [-0.05, 0) is 81.5 Å². The number of fused-ring (bicyclic) bond motifs is 2. The fourth-order valence-electron chi connectivity index (χ4n) is 7.42. The normalized spacial score (nSPS) is 17.3. The maximum absolute atomic E-state index is 4.88. The fraction of sp³-hybridized carbons (Fsp3) is 0.324. The van der Waals surface area contributed by atoms with Crippen LogP contribution in [0.1, 0.15) is 64.2 Å². The van der Waals surface area contributed by atoms with Crippen LogP contribution in [0.3, 0.4) is 0 Å². The third-order valence-electron chi connectivity index (χ3n) is 9.24. The highest BCUT2D eigenvalue weighted by Crippen LogP contribution is 2.57. The van der Waals surface area contributed by atoms with E-state index >= 15 is 0 Å². The molecule has 0 unspecified atom stereocenters. The Hall–Kier alpha value is -3.02. The Bertz CT molecular complexity index is 1560. The van der Waals surface area contributed by atoms with Gasteiger partial charge in [-0.2, -0.15) is 0 Å². The summed E-state index contributed by atoms with van der Waals surface area (Å²) in [7, 11) is -0.267. The number of rotatable bonds is 5. The molecule has 2 heteroatoms. The molecule has 1 aromatic heterocycles. The fourth-order valence-corrected chi connectivity index (χ4v) is 11.4. The number of pyridine rings is 1. The van der Waals surface area contributed by atoms with Crippen LogP contribution in [-0.4, -0.2) is 16.3 Å². The Morgan fingerprint density at radius 3 is 1.69 bits per heavy atom. The van der Waals surface area contributed by atoms with E-state index in [1.165, 1.54) is 102 Å². The summed E-state index contributed by atoms with van der Waals surface area (Å²) in [6, 6.07) is 34.1. The van der Waals surface area contributed by atoms with Gasteiger partial charge in [-0.25, -0.2) is 0 Å². The van der Waals surface area contributed by atoms with Crippen molar-refractivity contribution in [3.05, 3.63) is 97.2 Å². The van der Waals surface area contributed by atoms with Gasteiger partial charge in [-0.1, -0.05) is 125 Å². The highest BCUT2D eigenvalue weighted by molar-refractivity contribution is 7.67. The van der Waals surface area contributed by atoms with Gasteiger partial charge >= 0.3 is 0 Å². The molecule has 196 valence electrons. The summed E-state index contributed by atoms with van der Waals surface area (Å²) in [6.07, 6.45) is 16.1. The van der Waals surface area contributed by atoms with Crippen molar-refractivity contribution in [2.75, 3.05) is 0 Å². The maximum atomic E-state index is 4.88. The van der Waals surface area contributed by atoms with Gasteiger partial charge in [0.15, 0.2) is 0 Å². The summed E-state index contributed by atoms with van der Waals surface area (Å²) in [5, 5.41) is 7.07. The van der Waals surface area contributed by atoms with Crippen molar-refractivity contribution >= 4 is 34.8 Å². The summed E-state index contributed by atoms with van der Waals surface area (Å²) in [6.45, 7) is 0. The second-order valence-electron chi connectivity index (χ2n) is 11.6. The Kier molecular flexibility index (Phi) is 7.19. The lowest BCUT2D eigenvalue weighted by atomic mass is 9.89. The van der Waals surface area contributed by atoms with Crippen molar-refractivity contribution in [3.63, 3.8) is 0 Å². The molecule has 4 aromatic carbocycles. The molecule has 0 N–H and O–H groups in total. The first-order chi connectivity index (χ1) is 19.4. The summed E-state index contributed by atoms with van der Waals surface area (Å²) in [5.74, 6) is 0. The van der Waals surface area contributed by atoms with Crippen LogP contribution in [0.15, 0.2) is 97.2 Å². The highest BCUT2D eigenvalue weighted by atomic mass is 31.1. The molecule has 1 nitrogen and oxygen atoms in total. The molecule has 0 spiro atoms. The summed E-state index contributed by atoms with van der Waals surface area (Å²) in [4.78, 5) is 4.88. The lowest BCUT2D eigenvalue weighted by Gasteiger charge is -2.40. The van der Waals surface area contributed by atoms with E-state index in [-0.39, 0.29) is 7.92 Å². The molecule has 7 rings (SSSR count). The largest absolute Gasteiger partial charge is 0.256 e. The van der Waals surface area contributed by atoms with Crippen molar-refractivity contribution < 1.29 is 0 Å². The van der Waals surface area contributed by atoms with Crippen LogP contribution in [0.2, 0.25) is 0 Å². The van der Waals surface area contributed by atoms with Crippen LogP contribution in [0.4, 0.5) is 0 Å². The molecule has 2 aliphatic rings. The topological polar surface area (TPSA) is 12.9 Å². The number of nitrogens with zero attached hydrogens (tertiary/aromatic N) is 1. The van der Waals surface area contributed by atoms with Crippen LogP contribution < -0.4 is 5.30 Å². The molecule has 0 amide bonds. The van der Waals surface area contributed by atoms with Crippen molar-refractivity contribution in [2.24, 2.45) is 0 Å². The smallest absolute Gasteiger partial charge is 0.0708 e. The van der Waals surface area contributed by atoms with Gasteiger partial charge in [0, 0.05) is 17.3 Å². The zero-order valence-electron chi connectivity index (χ0n) is 22.9. The molecule has 2 aliphatic carbocycles. The van der Waals surface area contributed by atoms with Crippen molar-refractivity contribution in [2.45, 2.75) is 75.5 Å². The van der Waals surface area contributed by atoms with Crippen molar-refractivity contribution in [1.29, 1.82) is 0 Å². The van der Waals surface area contributed by atoms with E-state index in [9.17, 15) is 0 Å². The lowest BCUT2D eigenvalue weighted by molar-refractivity contribution is 0.487. The molecular formula is C37H38NP. The second-order valence-corrected chi connectivity index (χ2v) is 14.4. The SMILES string of the molecule is c1ccc(-c2ccc3ccccc3c2-c2c(P(C3CCCCC3)C3CCCCC3)ccc3ccccc23)nc1. The molecule has 1 heterocycles. The molecule has 2 fully saturated rings. The first-order valence-electron chi connectivity index (χ1n) is 15.1. The molecule has 5 aromatic rings. The van der Waals surface area contributed by atoms with E-state index in [4.69, 9.17) is 4.98 Å². The highest BCUT2D eigenvalue weighted by Gasteiger charge is 2.34. The molecule has 2 saturated carbocycles. The van der Waals surface area contributed by atoms with Gasteiger partial charge in [-0.3, -0.25) is 4.98 Å². The average Bonchev–Trinajstić information content (AvgIpc) is 3.02. The number of hydrogen-bond acceptors (Lipinski definition) is 1. The van der Waals surface area contributed by atoms with Gasteiger partial charge in [0.05, 0.1) is 5.69 Å². The average molecular weight is 528 g/mol. The van der Waals surface area contributed by atoms with Gasteiger partial charge < -0.3 is 0 Å². The van der Waals surface area contributed by atoms with E-state index in [2.05, 4.69) is 84.9 Å². The Morgan fingerprint density at radius 1 is 0.513 bits per heavy atom. The summed E-state index contributed by atoms with van der Waals surface area (Å²) >= 11 is 0. The van der Waals surface area contributed by atoms with Crippen molar-refractivity contribution in [3.8, 4) is 22.4 Å². The quantitative estimate of drug-likeness (QED) is 0.207. The molecule has 0 radical (unpaired) electrons. The van der Waals surface area contributed by atoms with Crippen LogP contribution >= 0.6 is 7.92 Å². The van der Waals surface area contributed by atoms with Crippen LogP contribution in [0, 0.1) is 0 Å². The summed E-state index contributed by atoms with van der Waals surface area (Å²) in [5.41, 5.74) is 6.91. The monoisotopic (exact) mass is 527 g/mol. The van der Waals surface area contributed by atoms with E-state index in [1.54, 1.807) is 5.30 Å². The Morgan fingerprint density at radius 2 is 1.08 bits per heavy atom. The third-order valence-corrected chi connectivity index (χ3v) is 12.8. The van der Waals surface area contributed by atoms with Gasteiger partial charge in [-0.15, -0.1) is 0 Å². The second kappa shape index (κ2) is 11.2. The minimum Gasteiger partial charge on any atom is -0.256 e. The molecule has 0 saturated heterocycles. The lowest BCUT2D eigenvalue weighted by Crippen LogP contribution is -2.27. The molecule has 39 heavy (non-hydrogen) atoms. The van der Waals surface area contributed by atoms with E-state index in [1.807, 2.05) is 12.3 Å². The predicted octanol–water partition coefficient (Wildman–Crippen LogP) is 10.5. The van der Waals surface area contributed by atoms with Crippen LogP contribution in [0.25, 0.3) is 43.9 Å². The zero-order valence-corrected chi connectivity index (χ0v) is 23.8. The Labute approximate surface area is 234 Å². The van der Waals surface area contributed by atoms with E-state index in [0.29, 0.717) is 0 Å². The molecule has 0 aliphatic heterocycles. The predicted molar refractivity (Wildman–Crippen MR) is 170 cm³/mol. The van der Waals surface area contributed by atoms with Gasteiger partial charge in [0.1, 0.15) is 0 Å². The van der Waals surface area contributed by atoms with E-state index in [0.717, 1.165) is 17.0 Å². The van der Waals surface area contributed by atoms with Crippen LogP contribution in [0.5, 0.6) is 0 Å². The first-order valence-corrected chi connectivity index (χ1v) is 16.6. The minimum atomic E-state index is -0.267. The van der Waals surface area contributed by atoms with Crippen LogP contribution in [-0.2, 0) is 0 Å². The zero-order chi connectivity index (χ0) is 26.0. The first kappa shape index (κ1) is 25.0. The standard InChI is InChI=1S/C37H38NP/c1-3-15-29(16-4-1)39(30-17-5-2-6-18-30)35-25-23-28-14-8-10-20-32(28)37(35)36-31-19-9-7-13-27(31)22-24-33(36)34-21-11-12-26-38-34/h7-14,19-26,29-30H,1-6,15-18H2. The van der Waals surface area contributed by atoms with Crippen molar-refractivity contribution in [1.82, 2.24) is 4.98 Å². The third kappa shape index (κ3) is 4.81. The molecular weight excluding hydrogens is 489 g/mol. The van der Waals surface area contributed by atoms with Gasteiger partial charge in [0.2, 0.25) is 0 Å². The number of aromatic nitrogens is 1. The van der Waals surface area contributed by atoms with Gasteiger partial charge in [0.25, 0.3) is 0 Å². The maximum Gasteiger partial charge on any atom is 0.0708 e. The molecule has 0 bridgehead atoms. The minimum absolute atomic E-state index is 0.267. The Balaban J connectivity index is 1.56. The van der Waals surface area contributed by atoms with E-state index < -0.39 is 0 Å². The summed E-state index contributed by atoms with van der Waals surface area (Å²) < 4.78 is 0. The molecule has 0 atom stereocenters. The number of benzene rings is 4.